The van der Waals surface area contributed by atoms with Crippen LogP contribution in [0.1, 0.15) is 112 Å². The van der Waals surface area contributed by atoms with Crippen molar-refractivity contribution in [1.82, 2.24) is 0 Å². The van der Waals surface area contributed by atoms with Crippen molar-refractivity contribution in [2.75, 3.05) is 0 Å². The van der Waals surface area contributed by atoms with Crippen LogP contribution in [0.25, 0.3) is 0 Å². The monoisotopic (exact) mass is 428 g/mol. The lowest BCUT2D eigenvalue weighted by molar-refractivity contribution is -0.145. The maximum atomic E-state index is 11.5. The number of fused-ring (bicyclic) bond motifs is 5. The van der Waals surface area contributed by atoms with E-state index in [0.717, 1.165) is 41.9 Å². The summed E-state index contributed by atoms with van der Waals surface area (Å²) in [6.07, 6.45) is 17.2. The first-order chi connectivity index (χ1) is 14.6. The van der Waals surface area contributed by atoms with Gasteiger partial charge in [-0.05, 0) is 104 Å². The fourth-order valence-corrected chi connectivity index (χ4v) is 9.03. The Kier molecular flexibility index (Phi) is 6.68. The van der Waals surface area contributed by atoms with Crippen LogP contribution in [0.2, 0.25) is 0 Å². The molecular weight excluding hydrogens is 380 g/mol. The molecule has 8 atom stereocenters. The van der Waals surface area contributed by atoms with Gasteiger partial charge in [-0.15, -0.1) is 0 Å². The van der Waals surface area contributed by atoms with Gasteiger partial charge in [0, 0.05) is 6.92 Å². The molecule has 3 fully saturated rings. The molecule has 0 heterocycles. The van der Waals surface area contributed by atoms with Gasteiger partial charge in [-0.2, -0.15) is 0 Å². The van der Waals surface area contributed by atoms with E-state index in [1.807, 2.05) is 0 Å². The second kappa shape index (κ2) is 8.86. The number of ether oxygens (including phenoxy) is 1. The van der Waals surface area contributed by atoms with Crippen molar-refractivity contribution in [1.29, 1.82) is 0 Å². The van der Waals surface area contributed by atoms with Crippen LogP contribution in [0.3, 0.4) is 0 Å². The number of hydrogen-bond donors (Lipinski definition) is 0. The quantitative estimate of drug-likeness (QED) is 0.317. The zero-order chi connectivity index (χ0) is 22.4. The van der Waals surface area contributed by atoms with Crippen LogP contribution in [0.15, 0.2) is 11.6 Å². The van der Waals surface area contributed by atoms with E-state index in [2.05, 4.69) is 40.7 Å². The fourth-order valence-electron chi connectivity index (χ4n) is 9.03. The summed E-state index contributed by atoms with van der Waals surface area (Å²) in [6, 6.07) is 0. The Bertz CT molecular complexity index is 693. The molecule has 4 aliphatic rings. The van der Waals surface area contributed by atoms with Gasteiger partial charge in [-0.3, -0.25) is 4.79 Å². The molecular formula is C29H48O2. The third kappa shape index (κ3) is 4.26. The molecule has 0 aromatic heterocycles. The summed E-state index contributed by atoms with van der Waals surface area (Å²) in [7, 11) is 0. The summed E-state index contributed by atoms with van der Waals surface area (Å²) in [6.45, 7) is 14.1. The van der Waals surface area contributed by atoms with Crippen molar-refractivity contribution in [3.05, 3.63) is 11.6 Å². The molecule has 0 bridgehead atoms. The Hall–Kier alpha value is -0.790. The SMILES string of the molecule is CC(=O)O[C@@H]1C=C2CC[C@H]3[C@@H]4CC[C@H]([C@H](C)CCCC(C)C)[C@@]4(C)CC[C@@H]3[C@@]2(C)CC1. The topological polar surface area (TPSA) is 26.3 Å². The van der Waals surface area contributed by atoms with Crippen molar-refractivity contribution in [3.8, 4) is 0 Å². The molecule has 0 amide bonds. The molecule has 0 aromatic rings. The van der Waals surface area contributed by atoms with Crippen LogP contribution in [0.5, 0.6) is 0 Å². The zero-order valence-corrected chi connectivity index (χ0v) is 21.2. The molecule has 3 saturated carbocycles. The van der Waals surface area contributed by atoms with E-state index in [0.29, 0.717) is 10.8 Å². The van der Waals surface area contributed by atoms with Crippen molar-refractivity contribution in [3.63, 3.8) is 0 Å². The van der Waals surface area contributed by atoms with Gasteiger partial charge >= 0.3 is 5.97 Å². The van der Waals surface area contributed by atoms with Gasteiger partial charge < -0.3 is 4.74 Å². The normalized spacial score (nSPS) is 42.9. The average Bonchev–Trinajstić information content (AvgIpc) is 3.05. The van der Waals surface area contributed by atoms with E-state index in [-0.39, 0.29) is 12.1 Å². The van der Waals surface area contributed by atoms with Crippen LogP contribution >= 0.6 is 0 Å². The first kappa shape index (κ1) is 23.4. The molecule has 2 nitrogen and oxygen atoms in total. The number of carbonyl (C=O) groups excluding carboxylic acids is 1. The summed E-state index contributed by atoms with van der Waals surface area (Å²) in [4.78, 5) is 11.5. The minimum atomic E-state index is -0.132. The molecule has 0 radical (unpaired) electrons. The number of rotatable bonds is 6. The molecule has 2 heteroatoms. The Labute approximate surface area is 192 Å². The molecule has 0 saturated heterocycles. The lowest BCUT2D eigenvalue weighted by Crippen LogP contribution is -2.51. The van der Waals surface area contributed by atoms with Crippen molar-refractivity contribution in [2.24, 2.45) is 46.3 Å². The van der Waals surface area contributed by atoms with Gasteiger partial charge in [0.2, 0.25) is 0 Å². The zero-order valence-electron chi connectivity index (χ0n) is 21.2. The Morgan fingerprint density at radius 3 is 2.52 bits per heavy atom. The van der Waals surface area contributed by atoms with Gasteiger partial charge in [-0.1, -0.05) is 59.5 Å². The van der Waals surface area contributed by atoms with Gasteiger partial charge in [-0.25, -0.2) is 0 Å². The molecule has 0 N–H and O–H groups in total. The molecule has 0 aliphatic heterocycles. The predicted molar refractivity (Wildman–Crippen MR) is 129 cm³/mol. The van der Waals surface area contributed by atoms with E-state index in [9.17, 15) is 4.79 Å². The lowest BCUT2D eigenvalue weighted by atomic mass is 9.46. The van der Waals surface area contributed by atoms with Crippen molar-refractivity contribution >= 4 is 5.97 Å². The number of carbonyl (C=O) groups is 1. The van der Waals surface area contributed by atoms with E-state index in [1.54, 1.807) is 12.5 Å². The third-order valence-electron chi connectivity index (χ3n) is 10.6. The Balaban J connectivity index is 1.47. The molecule has 4 aliphatic carbocycles. The third-order valence-corrected chi connectivity index (χ3v) is 10.6. The standard InChI is InChI=1S/C29H48O2/c1-19(2)8-7-9-20(3)25-12-13-26-24-11-10-22-18-23(31-21(4)30)14-16-28(22,5)27(24)15-17-29(25,26)6/h18-20,23-27H,7-17H2,1-6H3/t20-,23+,24+,25-,26+,27+,28+,29-/m1/s1. The fraction of sp³-hybridized carbons (Fsp3) is 0.897. The van der Waals surface area contributed by atoms with E-state index < -0.39 is 0 Å². The summed E-state index contributed by atoms with van der Waals surface area (Å²) in [5.41, 5.74) is 2.54. The number of allylic oxidation sites excluding steroid dienone is 1. The smallest absolute Gasteiger partial charge is 0.303 e. The highest BCUT2D eigenvalue weighted by molar-refractivity contribution is 5.66. The molecule has 4 rings (SSSR count). The van der Waals surface area contributed by atoms with Crippen molar-refractivity contribution < 1.29 is 9.53 Å². The van der Waals surface area contributed by atoms with E-state index >= 15 is 0 Å². The van der Waals surface area contributed by atoms with Crippen LogP contribution in [0, 0.1) is 46.3 Å². The minimum absolute atomic E-state index is 0.0218. The highest BCUT2D eigenvalue weighted by atomic mass is 16.5. The minimum Gasteiger partial charge on any atom is -0.458 e. The summed E-state index contributed by atoms with van der Waals surface area (Å²) in [5, 5.41) is 0. The van der Waals surface area contributed by atoms with Gasteiger partial charge in [0.15, 0.2) is 0 Å². The van der Waals surface area contributed by atoms with Crippen LogP contribution < -0.4 is 0 Å². The van der Waals surface area contributed by atoms with Crippen molar-refractivity contribution in [2.45, 2.75) is 118 Å². The second-order valence-electron chi connectivity index (χ2n) is 12.7. The first-order valence-corrected chi connectivity index (χ1v) is 13.5. The lowest BCUT2D eigenvalue weighted by Gasteiger charge is -2.59. The molecule has 176 valence electrons. The Morgan fingerprint density at radius 2 is 1.81 bits per heavy atom. The van der Waals surface area contributed by atoms with E-state index in [4.69, 9.17) is 4.74 Å². The van der Waals surface area contributed by atoms with E-state index in [1.165, 1.54) is 64.2 Å². The second-order valence-corrected chi connectivity index (χ2v) is 12.7. The number of esters is 1. The maximum Gasteiger partial charge on any atom is 0.303 e. The molecule has 0 unspecified atom stereocenters. The largest absolute Gasteiger partial charge is 0.458 e. The highest BCUT2D eigenvalue weighted by Crippen LogP contribution is 2.67. The maximum absolute atomic E-state index is 11.5. The van der Waals surface area contributed by atoms with Crippen LogP contribution in [-0.2, 0) is 9.53 Å². The molecule has 31 heavy (non-hydrogen) atoms. The Morgan fingerprint density at radius 1 is 1.03 bits per heavy atom. The van der Waals surface area contributed by atoms with Gasteiger partial charge in [0.05, 0.1) is 0 Å². The van der Waals surface area contributed by atoms with Crippen LogP contribution in [0.4, 0.5) is 0 Å². The van der Waals surface area contributed by atoms with Crippen LogP contribution in [-0.4, -0.2) is 12.1 Å². The molecule has 0 spiro atoms. The predicted octanol–water partition coefficient (Wildman–Crippen LogP) is 7.96. The van der Waals surface area contributed by atoms with Gasteiger partial charge in [0.25, 0.3) is 0 Å². The summed E-state index contributed by atoms with van der Waals surface area (Å²) < 4.78 is 5.58. The summed E-state index contributed by atoms with van der Waals surface area (Å²) >= 11 is 0. The average molecular weight is 429 g/mol. The summed E-state index contributed by atoms with van der Waals surface area (Å²) in [5.74, 6) is 5.24. The molecule has 0 aromatic carbocycles. The van der Waals surface area contributed by atoms with Gasteiger partial charge in [0.1, 0.15) is 6.10 Å². The highest BCUT2D eigenvalue weighted by Gasteiger charge is 2.59. The first-order valence-electron chi connectivity index (χ1n) is 13.5. The number of hydrogen-bond acceptors (Lipinski definition) is 2.